The van der Waals surface area contributed by atoms with Crippen molar-refractivity contribution in [3.63, 3.8) is 0 Å². The maximum Gasteiger partial charge on any atom is 0.165 e. The number of halogens is 1. The van der Waals surface area contributed by atoms with E-state index in [1.807, 2.05) is 0 Å². The van der Waals surface area contributed by atoms with Crippen molar-refractivity contribution in [1.29, 1.82) is 0 Å². The minimum atomic E-state index is -0.542. The van der Waals surface area contributed by atoms with Gasteiger partial charge in [-0.2, -0.15) is 0 Å². The quantitative estimate of drug-likeness (QED) is 0.857. The average Bonchev–Trinajstić information content (AvgIpc) is 2.41. The number of rotatable bonds is 4. The van der Waals surface area contributed by atoms with Crippen LogP contribution in [0, 0.1) is 11.7 Å². The number of phenols is 1. The van der Waals surface area contributed by atoms with Crippen LogP contribution in [0.4, 0.5) is 4.39 Å². The Morgan fingerprint density at radius 3 is 2.72 bits per heavy atom. The molecular formula is C15H22FNO. The lowest BCUT2D eigenvalue weighted by Gasteiger charge is -2.28. The fourth-order valence-corrected chi connectivity index (χ4v) is 2.74. The number of benzene rings is 1. The Morgan fingerprint density at radius 2 is 2.06 bits per heavy atom. The second-order valence-electron chi connectivity index (χ2n) is 5.35. The molecule has 0 spiro atoms. The molecular weight excluding hydrogens is 229 g/mol. The summed E-state index contributed by atoms with van der Waals surface area (Å²) in [6, 6.07) is 5.05. The summed E-state index contributed by atoms with van der Waals surface area (Å²) in [4.78, 5) is 0. The zero-order chi connectivity index (χ0) is 13.0. The normalized spacial score (nSPS) is 18.8. The summed E-state index contributed by atoms with van der Waals surface area (Å²) in [7, 11) is 0. The zero-order valence-electron chi connectivity index (χ0n) is 11.0. The third-order valence-corrected chi connectivity index (χ3v) is 4.00. The Kier molecular flexibility index (Phi) is 4.59. The van der Waals surface area contributed by atoms with Crippen LogP contribution in [0.1, 0.15) is 44.6 Å². The zero-order valence-corrected chi connectivity index (χ0v) is 11.0. The van der Waals surface area contributed by atoms with Gasteiger partial charge in [-0.3, -0.25) is 0 Å². The van der Waals surface area contributed by atoms with Crippen LogP contribution in [0.25, 0.3) is 0 Å². The molecule has 2 nitrogen and oxygen atoms in total. The highest BCUT2D eigenvalue weighted by molar-refractivity contribution is 5.27. The van der Waals surface area contributed by atoms with E-state index in [0.29, 0.717) is 12.6 Å². The molecule has 3 heteroatoms. The molecule has 0 bridgehead atoms. The van der Waals surface area contributed by atoms with Crippen molar-refractivity contribution >= 4 is 0 Å². The molecule has 100 valence electrons. The molecule has 1 saturated carbocycles. The molecule has 0 aromatic heterocycles. The van der Waals surface area contributed by atoms with Crippen molar-refractivity contribution in [2.75, 3.05) is 0 Å². The predicted molar refractivity (Wildman–Crippen MR) is 70.9 cm³/mol. The largest absolute Gasteiger partial charge is 0.505 e. The highest BCUT2D eigenvalue weighted by atomic mass is 19.1. The van der Waals surface area contributed by atoms with E-state index in [4.69, 9.17) is 5.11 Å². The van der Waals surface area contributed by atoms with Gasteiger partial charge in [0.05, 0.1) is 0 Å². The van der Waals surface area contributed by atoms with Gasteiger partial charge >= 0.3 is 0 Å². The van der Waals surface area contributed by atoms with Crippen molar-refractivity contribution in [2.45, 2.75) is 51.6 Å². The first kappa shape index (κ1) is 13.3. The summed E-state index contributed by atoms with van der Waals surface area (Å²) in [5.41, 5.74) is 0.882. The Hall–Kier alpha value is -1.09. The second-order valence-corrected chi connectivity index (χ2v) is 5.35. The van der Waals surface area contributed by atoms with E-state index in [1.165, 1.54) is 44.2 Å². The third-order valence-electron chi connectivity index (χ3n) is 4.00. The molecule has 2 rings (SSSR count). The molecule has 1 aromatic rings. The van der Waals surface area contributed by atoms with Crippen LogP contribution >= 0.6 is 0 Å². The van der Waals surface area contributed by atoms with Crippen molar-refractivity contribution in [2.24, 2.45) is 5.92 Å². The molecule has 0 heterocycles. The Bertz CT molecular complexity index is 388. The minimum absolute atomic E-state index is 0.279. The predicted octanol–water partition coefficient (Wildman–Crippen LogP) is 3.59. The first-order valence-electron chi connectivity index (χ1n) is 6.87. The van der Waals surface area contributed by atoms with Gasteiger partial charge in [-0.25, -0.2) is 4.39 Å². The highest BCUT2D eigenvalue weighted by Crippen LogP contribution is 2.26. The van der Waals surface area contributed by atoms with Crippen molar-refractivity contribution in [1.82, 2.24) is 5.32 Å². The van der Waals surface area contributed by atoms with Crippen LogP contribution in [0.3, 0.4) is 0 Å². The van der Waals surface area contributed by atoms with Gasteiger partial charge in [0.2, 0.25) is 0 Å². The van der Waals surface area contributed by atoms with E-state index in [1.54, 1.807) is 6.07 Å². The van der Waals surface area contributed by atoms with Gasteiger partial charge in [-0.1, -0.05) is 25.3 Å². The van der Waals surface area contributed by atoms with Crippen LogP contribution in [0.15, 0.2) is 18.2 Å². The summed E-state index contributed by atoms with van der Waals surface area (Å²) >= 11 is 0. The molecule has 0 saturated heterocycles. The average molecular weight is 251 g/mol. The van der Waals surface area contributed by atoms with Crippen LogP contribution in [-0.2, 0) is 6.54 Å². The first-order chi connectivity index (χ1) is 8.66. The second kappa shape index (κ2) is 6.19. The standard InChI is InChI=1S/C15H22FNO/c1-11(13-5-3-2-4-6-13)17-10-12-7-8-15(18)14(16)9-12/h7-9,11,13,17-18H,2-6,10H2,1H3. The summed E-state index contributed by atoms with van der Waals surface area (Å²) in [6.45, 7) is 2.88. The number of nitrogens with one attached hydrogen (secondary N) is 1. The fraction of sp³-hybridized carbons (Fsp3) is 0.600. The molecule has 2 N–H and O–H groups in total. The number of aromatic hydroxyl groups is 1. The van der Waals surface area contributed by atoms with Gasteiger partial charge in [-0.05, 0) is 43.4 Å². The molecule has 1 atom stereocenters. The molecule has 18 heavy (non-hydrogen) atoms. The molecule has 1 unspecified atom stereocenters. The summed E-state index contributed by atoms with van der Waals surface area (Å²) < 4.78 is 13.2. The molecule has 0 aliphatic heterocycles. The van der Waals surface area contributed by atoms with Gasteiger partial charge in [0.25, 0.3) is 0 Å². The topological polar surface area (TPSA) is 32.3 Å². The van der Waals surface area contributed by atoms with E-state index in [9.17, 15) is 4.39 Å². The van der Waals surface area contributed by atoms with Gasteiger partial charge in [0.15, 0.2) is 11.6 Å². The minimum Gasteiger partial charge on any atom is -0.505 e. The molecule has 1 aliphatic rings. The lowest BCUT2D eigenvalue weighted by Crippen LogP contribution is -2.34. The summed E-state index contributed by atoms with van der Waals surface area (Å²) in [5.74, 6) is -0.0700. The summed E-state index contributed by atoms with van der Waals surface area (Å²) in [5, 5.41) is 12.6. The SMILES string of the molecule is CC(NCc1ccc(O)c(F)c1)C1CCCCC1. The van der Waals surface area contributed by atoms with E-state index < -0.39 is 5.82 Å². The van der Waals surface area contributed by atoms with Crippen molar-refractivity contribution < 1.29 is 9.50 Å². The first-order valence-corrected chi connectivity index (χ1v) is 6.87. The number of hydrogen-bond donors (Lipinski definition) is 2. The Balaban J connectivity index is 1.84. The fourth-order valence-electron chi connectivity index (χ4n) is 2.74. The van der Waals surface area contributed by atoms with Gasteiger partial charge < -0.3 is 10.4 Å². The van der Waals surface area contributed by atoms with E-state index in [2.05, 4.69) is 12.2 Å². The highest BCUT2D eigenvalue weighted by Gasteiger charge is 2.19. The van der Waals surface area contributed by atoms with E-state index >= 15 is 0 Å². The van der Waals surface area contributed by atoms with Gasteiger partial charge in [0, 0.05) is 12.6 Å². The van der Waals surface area contributed by atoms with Crippen molar-refractivity contribution in [3.8, 4) is 5.75 Å². The molecule has 0 amide bonds. The Labute approximate surface area is 108 Å². The van der Waals surface area contributed by atoms with E-state index in [-0.39, 0.29) is 5.75 Å². The van der Waals surface area contributed by atoms with Crippen molar-refractivity contribution in [3.05, 3.63) is 29.6 Å². The summed E-state index contributed by atoms with van der Waals surface area (Å²) in [6.07, 6.45) is 6.65. The van der Waals surface area contributed by atoms with Crippen LogP contribution in [0.2, 0.25) is 0 Å². The number of phenolic OH excluding ortho intramolecular Hbond substituents is 1. The van der Waals surface area contributed by atoms with Gasteiger partial charge in [-0.15, -0.1) is 0 Å². The lowest BCUT2D eigenvalue weighted by molar-refractivity contribution is 0.280. The van der Waals surface area contributed by atoms with E-state index in [0.717, 1.165) is 11.5 Å². The monoisotopic (exact) mass is 251 g/mol. The maximum atomic E-state index is 13.2. The smallest absolute Gasteiger partial charge is 0.165 e. The Morgan fingerprint density at radius 1 is 1.33 bits per heavy atom. The number of hydrogen-bond acceptors (Lipinski definition) is 2. The molecule has 1 fully saturated rings. The van der Waals surface area contributed by atoms with Crippen LogP contribution in [0.5, 0.6) is 5.75 Å². The molecule has 1 aliphatic carbocycles. The molecule has 0 radical (unpaired) electrons. The van der Waals surface area contributed by atoms with Crippen LogP contribution < -0.4 is 5.32 Å². The van der Waals surface area contributed by atoms with Crippen LogP contribution in [-0.4, -0.2) is 11.1 Å². The maximum absolute atomic E-state index is 13.2. The van der Waals surface area contributed by atoms with Gasteiger partial charge in [0.1, 0.15) is 0 Å². The third kappa shape index (κ3) is 3.45. The molecule has 1 aromatic carbocycles. The lowest BCUT2D eigenvalue weighted by atomic mass is 9.84.